The van der Waals surface area contributed by atoms with Crippen LogP contribution in [0.25, 0.3) is 43.6 Å². The fourth-order valence-electron chi connectivity index (χ4n) is 7.58. The molecule has 2 N–H and O–H groups in total. The molecule has 4 aromatic carbocycles. The highest BCUT2D eigenvalue weighted by atomic mass is 35.5. The maximum Gasteiger partial charge on any atom is 0.0711 e. The van der Waals surface area contributed by atoms with E-state index in [9.17, 15) is 0 Å². The van der Waals surface area contributed by atoms with Crippen LogP contribution in [0.4, 0.5) is 0 Å². The molecule has 0 unspecified atom stereocenters. The lowest BCUT2D eigenvalue weighted by Crippen LogP contribution is -2.22. The van der Waals surface area contributed by atoms with E-state index >= 15 is 0 Å². The molecule has 0 saturated heterocycles. The van der Waals surface area contributed by atoms with E-state index < -0.39 is 0 Å². The first-order valence-electron chi connectivity index (χ1n) is 17.6. The van der Waals surface area contributed by atoms with Crippen LogP contribution < -0.4 is 10.6 Å². The van der Waals surface area contributed by atoms with E-state index in [2.05, 4.69) is 106 Å². The van der Waals surface area contributed by atoms with Crippen LogP contribution in [0.3, 0.4) is 0 Å². The predicted octanol–water partition coefficient (Wildman–Crippen LogP) is 10.4. The largest absolute Gasteiger partial charge is 0.334 e. The second kappa shape index (κ2) is 15.7. The van der Waals surface area contributed by atoms with Crippen LogP contribution >= 0.6 is 35.6 Å². The molecule has 264 valence electrons. The summed E-state index contributed by atoms with van der Waals surface area (Å²) >= 11 is 12.6. The molecule has 52 heavy (non-hydrogen) atoms. The zero-order valence-corrected chi connectivity index (χ0v) is 31.6. The minimum absolute atomic E-state index is 0. The smallest absolute Gasteiger partial charge is 0.0711 e. The molecule has 0 radical (unpaired) electrons. The molecule has 6 nitrogen and oxygen atoms in total. The van der Waals surface area contributed by atoms with E-state index in [0.29, 0.717) is 0 Å². The Balaban J connectivity index is 0.00000420. The van der Waals surface area contributed by atoms with Crippen molar-refractivity contribution in [3.05, 3.63) is 153 Å². The van der Waals surface area contributed by atoms with E-state index in [-0.39, 0.29) is 12.4 Å². The lowest BCUT2D eigenvalue weighted by Gasteiger charge is -2.12. The van der Waals surface area contributed by atoms with Crippen molar-refractivity contribution in [1.82, 2.24) is 29.7 Å². The van der Waals surface area contributed by atoms with Gasteiger partial charge in [0.1, 0.15) is 0 Å². The van der Waals surface area contributed by atoms with Gasteiger partial charge in [0.15, 0.2) is 0 Å². The fourth-order valence-corrected chi connectivity index (χ4v) is 8.01. The summed E-state index contributed by atoms with van der Waals surface area (Å²) in [5, 5.41) is 13.7. The summed E-state index contributed by atoms with van der Waals surface area (Å²) in [6.07, 6.45) is 1.00. The average Bonchev–Trinajstić information content (AvgIpc) is 3.61. The second-order valence-corrected chi connectivity index (χ2v) is 14.2. The standard InChI is InChI=1S/C43H40Cl2N6.ClH/c1-28-42-38(36-14-3-5-16-40(36)50(42)26-30-10-7-12-32(44)20-30)22-34(48-28)24-46-18-9-19-47-25-35-23-39-37-15-4-6-17-41(37)51(43(39)29(2)49-35)27-31-11-8-13-33(45)21-31;/h3-8,10-17,20-23,46-47H,9,18-19,24-27H2,1-2H3;1H. The highest BCUT2D eigenvalue weighted by Crippen LogP contribution is 2.33. The van der Waals surface area contributed by atoms with Crippen LogP contribution in [0.2, 0.25) is 10.0 Å². The first-order valence-corrected chi connectivity index (χ1v) is 18.3. The molecule has 4 aromatic heterocycles. The minimum Gasteiger partial charge on any atom is -0.334 e. The highest BCUT2D eigenvalue weighted by molar-refractivity contribution is 6.31. The van der Waals surface area contributed by atoms with Crippen molar-refractivity contribution in [2.75, 3.05) is 13.1 Å². The van der Waals surface area contributed by atoms with E-state index in [1.165, 1.54) is 54.7 Å². The number of nitrogens with one attached hydrogen (secondary N) is 2. The van der Waals surface area contributed by atoms with Gasteiger partial charge < -0.3 is 19.8 Å². The quantitative estimate of drug-likeness (QED) is 0.122. The van der Waals surface area contributed by atoms with Gasteiger partial charge in [0.05, 0.1) is 33.8 Å². The molecular formula is C43H41Cl3N6. The van der Waals surface area contributed by atoms with Crippen LogP contribution in [0, 0.1) is 13.8 Å². The zero-order chi connectivity index (χ0) is 34.9. The molecule has 0 fully saturated rings. The normalized spacial score (nSPS) is 11.6. The van der Waals surface area contributed by atoms with E-state index in [0.717, 1.165) is 78.5 Å². The third kappa shape index (κ3) is 7.27. The Morgan fingerprint density at radius 3 is 1.42 bits per heavy atom. The summed E-state index contributed by atoms with van der Waals surface area (Å²) < 4.78 is 4.74. The van der Waals surface area contributed by atoms with Crippen molar-refractivity contribution in [3.8, 4) is 0 Å². The van der Waals surface area contributed by atoms with Crippen LogP contribution in [0.5, 0.6) is 0 Å². The van der Waals surface area contributed by atoms with Gasteiger partial charge in [0.25, 0.3) is 0 Å². The Morgan fingerprint density at radius 2 is 0.981 bits per heavy atom. The Morgan fingerprint density at radius 1 is 0.538 bits per heavy atom. The molecule has 0 aliphatic heterocycles. The molecule has 0 bridgehead atoms. The van der Waals surface area contributed by atoms with Gasteiger partial charge in [-0.05, 0) is 93.0 Å². The van der Waals surface area contributed by atoms with Crippen molar-refractivity contribution in [2.24, 2.45) is 0 Å². The molecule has 9 heteroatoms. The number of fused-ring (bicyclic) bond motifs is 6. The van der Waals surface area contributed by atoms with Crippen molar-refractivity contribution < 1.29 is 0 Å². The highest BCUT2D eigenvalue weighted by Gasteiger charge is 2.17. The molecule has 0 spiro atoms. The summed E-state index contributed by atoms with van der Waals surface area (Å²) in [6, 6.07) is 37.9. The molecule has 4 heterocycles. The maximum absolute atomic E-state index is 6.32. The number of rotatable bonds is 12. The number of nitrogens with zero attached hydrogens (tertiary/aromatic N) is 4. The van der Waals surface area contributed by atoms with E-state index in [1.807, 2.05) is 36.4 Å². The topological polar surface area (TPSA) is 59.7 Å². The Bertz CT molecular complexity index is 2360. The number of hydrogen-bond donors (Lipinski definition) is 2. The first kappa shape index (κ1) is 36.0. The Hall–Kier alpha value is -4.43. The fraction of sp³-hybridized carbons (Fsp3) is 0.209. The maximum atomic E-state index is 6.32. The number of pyridine rings is 2. The number of hydrogen-bond acceptors (Lipinski definition) is 4. The van der Waals surface area contributed by atoms with Crippen molar-refractivity contribution in [3.63, 3.8) is 0 Å². The van der Waals surface area contributed by atoms with Gasteiger partial charge in [-0.3, -0.25) is 9.97 Å². The monoisotopic (exact) mass is 746 g/mol. The Labute approximate surface area is 320 Å². The molecule has 8 aromatic rings. The van der Waals surface area contributed by atoms with Crippen LogP contribution in [-0.4, -0.2) is 32.2 Å². The van der Waals surface area contributed by atoms with Gasteiger partial charge in [-0.15, -0.1) is 12.4 Å². The second-order valence-electron chi connectivity index (χ2n) is 13.4. The van der Waals surface area contributed by atoms with Crippen molar-refractivity contribution >= 4 is 79.2 Å². The third-order valence-corrected chi connectivity index (χ3v) is 10.2. The van der Waals surface area contributed by atoms with Crippen LogP contribution in [-0.2, 0) is 26.2 Å². The molecule has 0 saturated carbocycles. The van der Waals surface area contributed by atoms with Crippen molar-refractivity contribution in [2.45, 2.75) is 46.4 Å². The number of aryl methyl sites for hydroxylation is 2. The van der Waals surface area contributed by atoms with Gasteiger partial charge in [-0.25, -0.2) is 0 Å². The van der Waals surface area contributed by atoms with Gasteiger partial charge in [0, 0.05) is 68.8 Å². The lowest BCUT2D eigenvalue weighted by atomic mass is 10.1. The summed E-state index contributed by atoms with van der Waals surface area (Å²) in [5.74, 6) is 0. The zero-order valence-electron chi connectivity index (χ0n) is 29.3. The molecule has 0 aliphatic rings. The van der Waals surface area contributed by atoms with Crippen molar-refractivity contribution in [1.29, 1.82) is 0 Å². The number of benzene rings is 4. The summed E-state index contributed by atoms with van der Waals surface area (Å²) in [4.78, 5) is 10.1. The van der Waals surface area contributed by atoms with Gasteiger partial charge >= 0.3 is 0 Å². The molecular weight excluding hydrogens is 707 g/mol. The van der Waals surface area contributed by atoms with E-state index in [1.54, 1.807) is 0 Å². The SMILES string of the molecule is Cc1nc(CNCCCNCc2cc3c4ccccc4n(Cc4cccc(Cl)c4)c3c(C)n2)cc2c3ccccc3n(Cc3cccc(Cl)c3)c12.Cl. The number of halogens is 3. The Kier molecular flexibility index (Phi) is 10.8. The lowest BCUT2D eigenvalue weighted by molar-refractivity contribution is 0.587. The van der Waals surface area contributed by atoms with Gasteiger partial charge in [0.2, 0.25) is 0 Å². The molecule has 0 amide bonds. The molecule has 0 atom stereocenters. The molecule has 0 aliphatic carbocycles. The van der Waals surface area contributed by atoms with Crippen LogP contribution in [0.15, 0.2) is 109 Å². The van der Waals surface area contributed by atoms with Gasteiger partial charge in [-0.1, -0.05) is 83.9 Å². The predicted molar refractivity (Wildman–Crippen MR) is 220 cm³/mol. The third-order valence-electron chi connectivity index (χ3n) is 9.73. The van der Waals surface area contributed by atoms with Gasteiger partial charge in [-0.2, -0.15) is 0 Å². The average molecular weight is 748 g/mol. The molecule has 8 rings (SSSR count). The first-order chi connectivity index (χ1) is 24.9. The summed E-state index contributed by atoms with van der Waals surface area (Å²) in [6.45, 7) is 8.96. The van der Waals surface area contributed by atoms with E-state index in [4.69, 9.17) is 33.2 Å². The summed E-state index contributed by atoms with van der Waals surface area (Å²) in [7, 11) is 0. The number of aromatic nitrogens is 4. The number of para-hydroxylation sites is 2. The summed E-state index contributed by atoms with van der Waals surface area (Å²) in [5.41, 5.74) is 11.3. The van der Waals surface area contributed by atoms with Crippen LogP contribution in [0.1, 0.15) is 40.3 Å². The minimum atomic E-state index is 0.